The van der Waals surface area contributed by atoms with E-state index in [0.717, 1.165) is 10.8 Å². The van der Waals surface area contributed by atoms with Crippen LogP contribution in [-0.2, 0) is 21.4 Å². The molecule has 0 radical (unpaired) electrons. The molecule has 1 aromatic heterocycles. The summed E-state index contributed by atoms with van der Waals surface area (Å²) in [4.78, 5) is 13.8. The quantitative estimate of drug-likeness (QED) is 0.692. The van der Waals surface area contributed by atoms with Gasteiger partial charge in [0, 0.05) is 20.0 Å². The fourth-order valence-electron chi connectivity index (χ4n) is 2.63. The van der Waals surface area contributed by atoms with Gasteiger partial charge in [-0.05, 0) is 35.0 Å². The molecule has 7 heteroatoms. The first kappa shape index (κ1) is 18.2. The number of nitrogens with zero attached hydrogens (tertiary/aromatic N) is 1. The Morgan fingerprint density at radius 2 is 1.85 bits per heavy atom. The van der Waals surface area contributed by atoms with Crippen molar-refractivity contribution in [1.82, 2.24) is 9.62 Å². The second-order valence-electron chi connectivity index (χ2n) is 5.99. The molecule has 26 heavy (non-hydrogen) atoms. The standard InChI is InChI=1S/C19H20N2O4S/c1-21(14-17-7-4-12-25-17)19(22)10-11-20-26(23,24)18-9-8-15-5-2-3-6-16(15)13-18/h2-9,12-13,20H,10-11,14H2,1H3. The minimum Gasteiger partial charge on any atom is -0.467 e. The van der Waals surface area contributed by atoms with Gasteiger partial charge in [-0.15, -0.1) is 0 Å². The van der Waals surface area contributed by atoms with Gasteiger partial charge < -0.3 is 9.32 Å². The lowest BCUT2D eigenvalue weighted by molar-refractivity contribution is -0.130. The van der Waals surface area contributed by atoms with Gasteiger partial charge in [0.15, 0.2) is 0 Å². The Morgan fingerprint density at radius 1 is 1.08 bits per heavy atom. The molecule has 0 spiro atoms. The molecule has 6 nitrogen and oxygen atoms in total. The first-order valence-corrected chi connectivity index (χ1v) is 9.69. The average molecular weight is 372 g/mol. The molecular formula is C19H20N2O4S. The van der Waals surface area contributed by atoms with Gasteiger partial charge in [-0.2, -0.15) is 0 Å². The smallest absolute Gasteiger partial charge is 0.240 e. The second kappa shape index (κ2) is 7.72. The van der Waals surface area contributed by atoms with Crippen LogP contribution in [0.2, 0.25) is 0 Å². The van der Waals surface area contributed by atoms with Crippen molar-refractivity contribution < 1.29 is 17.6 Å². The predicted octanol–water partition coefficient (Wildman–Crippen LogP) is 2.76. The molecule has 1 amide bonds. The van der Waals surface area contributed by atoms with E-state index >= 15 is 0 Å². The molecule has 3 aromatic rings. The lowest BCUT2D eigenvalue weighted by Gasteiger charge is -2.16. The number of hydrogen-bond acceptors (Lipinski definition) is 4. The van der Waals surface area contributed by atoms with Crippen LogP contribution in [0.3, 0.4) is 0 Å². The summed E-state index contributed by atoms with van der Waals surface area (Å²) >= 11 is 0. The normalized spacial score (nSPS) is 11.6. The molecular weight excluding hydrogens is 352 g/mol. The Bertz CT molecular complexity index is 997. The summed E-state index contributed by atoms with van der Waals surface area (Å²) < 4.78 is 32.6. The Balaban J connectivity index is 1.58. The summed E-state index contributed by atoms with van der Waals surface area (Å²) in [7, 11) is -2.01. The van der Waals surface area contributed by atoms with Crippen LogP contribution in [0.25, 0.3) is 10.8 Å². The van der Waals surface area contributed by atoms with Gasteiger partial charge in [-0.3, -0.25) is 4.79 Å². The molecule has 0 aliphatic carbocycles. The maximum atomic E-state index is 12.4. The number of fused-ring (bicyclic) bond motifs is 1. The number of benzene rings is 2. The van der Waals surface area contributed by atoms with Crippen LogP contribution in [-0.4, -0.2) is 32.8 Å². The number of hydrogen-bond donors (Lipinski definition) is 1. The zero-order chi connectivity index (χ0) is 18.6. The Morgan fingerprint density at radius 3 is 2.58 bits per heavy atom. The van der Waals surface area contributed by atoms with Gasteiger partial charge in [-0.1, -0.05) is 30.3 Å². The van der Waals surface area contributed by atoms with Crippen molar-refractivity contribution in [1.29, 1.82) is 0 Å². The number of carbonyl (C=O) groups excluding carboxylic acids is 1. The third kappa shape index (κ3) is 4.30. The van der Waals surface area contributed by atoms with E-state index in [1.54, 1.807) is 43.6 Å². The highest BCUT2D eigenvalue weighted by atomic mass is 32.2. The first-order valence-electron chi connectivity index (χ1n) is 8.20. The van der Waals surface area contributed by atoms with Crippen molar-refractivity contribution >= 4 is 26.7 Å². The average Bonchev–Trinajstić information content (AvgIpc) is 3.14. The van der Waals surface area contributed by atoms with E-state index in [4.69, 9.17) is 4.42 Å². The number of carbonyl (C=O) groups is 1. The number of furan rings is 1. The predicted molar refractivity (Wildman–Crippen MR) is 98.9 cm³/mol. The number of rotatable bonds is 7. The molecule has 0 aliphatic heterocycles. The summed E-state index contributed by atoms with van der Waals surface area (Å²) in [5, 5.41) is 1.82. The van der Waals surface area contributed by atoms with E-state index in [9.17, 15) is 13.2 Å². The van der Waals surface area contributed by atoms with Crippen molar-refractivity contribution in [2.24, 2.45) is 0 Å². The van der Waals surface area contributed by atoms with E-state index in [-0.39, 0.29) is 23.8 Å². The molecule has 0 saturated heterocycles. The molecule has 136 valence electrons. The highest BCUT2D eigenvalue weighted by molar-refractivity contribution is 7.89. The van der Waals surface area contributed by atoms with Crippen molar-refractivity contribution in [3.63, 3.8) is 0 Å². The van der Waals surface area contributed by atoms with Crippen LogP contribution in [0.4, 0.5) is 0 Å². The molecule has 0 bridgehead atoms. The van der Waals surface area contributed by atoms with Gasteiger partial charge >= 0.3 is 0 Å². The van der Waals surface area contributed by atoms with Crippen LogP contribution < -0.4 is 4.72 Å². The monoisotopic (exact) mass is 372 g/mol. The Labute approximate surface area is 152 Å². The summed E-state index contributed by atoms with van der Waals surface area (Å²) in [6.45, 7) is 0.389. The number of amides is 1. The lowest BCUT2D eigenvalue weighted by atomic mass is 10.1. The van der Waals surface area contributed by atoms with Crippen molar-refractivity contribution in [2.45, 2.75) is 17.9 Å². The van der Waals surface area contributed by atoms with E-state index < -0.39 is 10.0 Å². The maximum Gasteiger partial charge on any atom is 0.240 e. The van der Waals surface area contributed by atoms with Crippen molar-refractivity contribution in [3.8, 4) is 0 Å². The lowest BCUT2D eigenvalue weighted by Crippen LogP contribution is -2.31. The van der Waals surface area contributed by atoms with Crippen LogP contribution >= 0.6 is 0 Å². The minimum atomic E-state index is -3.66. The van der Waals surface area contributed by atoms with E-state index in [0.29, 0.717) is 12.3 Å². The van der Waals surface area contributed by atoms with Gasteiger partial charge in [0.25, 0.3) is 0 Å². The fourth-order valence-corrected chi connectivity index (χ4v) is 3.69. The van der Waals surface area contributed by atoms with E-state index in [1.807, 2.05) is 24.3 Å². The molecule has 0 atom stereocenters. The fraction of sp³-hybridized carbons (Fsp3) is 0.211. The zero-order valence-corrected chi connectivity index (χ0v) is 15.2. The molecule has 0 fully saturated rings. The summed E-state index contributed by atoms with van der Waals surface area (Å²) in [6.07, 6.45) is 1.62. The molecule has 1 N–H and O–H groups in total. The zero-order valence-electron chi connectivity index (χ0n) is 14.4. The summed E-state index contributed by atoms with van der Waals surface area (Å²) in [5.41, 5.74) is 0. The minimum absolute atomic E-state index is 0.0382. The summed E-state index contributed by atoms with van der Waals surface area (Å²) in [5.74, 6) is 0.514. The van der Waals surface area contributed by atoms with E-state index in [1.165, 1.54) is 4.90 Å². The molecule has 3 rings (SSSR count). The third-order valence-corrected chi connectivity index (χ3v) is 5.52. The maximum absolute atomic E-state index is 12.4. The largest absolute Gasteiger partial charge is 0.467 e. The van der Waals surface area contributed by atoms with Gasteiger partial charge in [-0.25, -0.2) is 13.1 Å². The van der Waals surface area contributed by atoms with E-state index in [2.05, 4.69) is 4.72 Å². The van der Waals surface area contributed by atoms with Crippen molar-refractivity contribution in [3.05, 3.63) is 66.6 Å². The first-order chi connectivity index (χ1) is 12.5. The molecule has 0 unspecified atom stereocenters. The van der Waals surface area contributed by atoms with Gasteiger partial charge in [0.2, 0.25) is 15.9 Å². The molecule has 0 saturated carbocycles. The topological polar surface area (TPSA) is 79.6 Å². The summed E-state index contributed by atoms with van der Waals surface area (Å²) in [6, 6.07) is 16.1. The van der Waals surface area contributed by atoms with Gasteiger partial charge in [0.1, 0.15) is 5.76 Å². The third-order valence-electron chi connectivity index (χ3n) is 4.06. The SMILES string of the molecule is CN(Cc1ccco1)C(=O)CCNS(=O)(=O)c1ccc2ccccc2c1. The molecule has 1 heterocycles. The van der Waals surface area contributed by atoms with Crippen LogP contribution in [0.5, 0.6) is 0 Å². The Kier molecular flexibility index (Phi) is 5.39. The van der Waals surface area contributed by atoms with Crippen molar-refractivity contribution in [2.75, 3.05) is 13.6 Å². The number of nitrogens with one attached hydrogen (secondary N) is 1. The molecule has 0 aliphatic rings. The number of sulfonamides is 1. The highest BCUT2D eigenvalue weighted by Crippen LogP contribution is 2.18. The Hall–Kier alpha value is -2.64. The second-order valence-corrected chi connectivity index (χ2v) is 7.75. The van der Waals surface area contributed by atoms with Crippen LogP contribution in [0.15, 0.2) is 70.2 Å². The molecule has 2 aromatic carbocycles. The van der Waals surface area contributed by atoms with Crippen LogP contribution in [0.1, 0.15) is 12.2 Å². The van der Waals surface area contributed by atoms with Gasteiger partial charge in [0.05, 0.1) is 17.7 Å². The highest BCUT2D eigenvalue weighted by Gasteiger charge is 2.16. The van der Waals surface area contributed by atoms with Crippen LogP contribution in [0, 0.1) is 0 Å².